The van der Waals surface area contributed by atoms with Crippen LogP contribution in [0.15, 0.2) is 24.3 Å². The molecule has 0 atom stereocenters. The maximum Gasteiger partial charge on any atom is 0.227 e. The van der Waals surface area contributed by atoms with Crippen LogP contribution in [0.25, 0.3) is 0 Å². The summed E-state index contributed by atoms with van der Waals surface area (Å²) >= 11 is 0. The summed E-state index contributed by atoms with van der Waals surface area (Å²) in [5.74, 6) is 0.414. The molecule has 0 heterocycles. The molecule has 0 aliphatic carbocycles. The van der Waals surface area contributed by atoms with Crippen molar-refractivity contribution in [1.82, 2.24) is 4.90 Å². The summed E-state index contributed by atoms with van der Waals surface area (Å²) < 4.78 is 0. The predicted octanol–water partition coefficient (Wildman–Crippen LogP) is 2.21. The zero-order chi connectivity index (χ0) is 14.3. The lowest BCUT2D eigenvalue weighted by Gasteiger charge is -2.24. The van der Waals surface area contributed by atoms with Crippen LogP contribution in [0.5, 0.6) is 0 Å². The maximum atomic E-state index is 12.3. The lowest BCUT2D eigenvalue weighted by atomic mass is 10.1. The van der Waals surface area contributed by atoms with Crippen LogP contribution in [-0.2, 0) is 11.2 Å². The molecule has 4 nitrogen and oxygen atoms in total. The van der Waals surface area contributed by atoms with E-state index in [1.165, 1.54) is 0 Å². The number of anilines is 1. The van der Waals surface area contributed by atoms with Crippen molar-refractivity contribution in [2.75, 3.05) is 18.8 Å². The first-order valence-electron chi connectivity index (χ1n) is 6.52. The highest BCUT2D eigenvalue weighted by Crippen LogP contribution is 2.13. The topological polar surface area (TPSA) is 70.1 Å². The highest BCUT2D eigenvalue weighted by molar-refractivity contribution is 5.80. The summed E-state index contributed by atoms with van der Waals surface area (Å²) in [5.41, 5.74) is 7.33. The number of carbonyl (C=O) groups excluding carboxylic acids is 1. The number of benzene rings is 1. The Morgan fingerprint density at radius 3 is 2.68 bits per heavy atom. The first kappa shape index (κ1) is 15.0. The van der Waals surface area contributed by atoms with Gasteiger partial charge in [0.15, 0.2) is 0 Å². The lowest BCUT2D eigenvalue weighted by Crippen LogP contribution is -2.36. The van der Waals surface area contributed by atoms with Crippen molar-refractivity contribution in [2.24, 2.45) is 5.92 Å². The Morgan fingerprint density at radius 2 is 2.11 bits per heavy atom. The van der Waals surface area contributed by atoms with Gasteiger partial charge in [-0.3, -0.25) is 4.79 Å². The van der Waals surface area contributed by atoms with Crippen molar-refractivity contribution in [3.05, 3.63) is 29.8 Å². The molecule has 19 heavy (non-hydrogen) atoms. The number of nitrogens with two attached hydrogens (primary N) is 1. The highest BCUT2D eigenvalue weighted by Gasteiger charge is 2.15. The molecule has 0 spiro atoms. The maximum absolute atomic E-state index is 12.3. The SMILES string of the molecule is CC(C)CN(CCC#N)C(=O)Cc1ccccc1N. The van der Waals surface area contributed by atoms with Crippen LogP contribution in [0.4, 0.5) is 5.69 Å². The fourth-order valence-electron chi connectivity index (χ4n) is 1.91. The molecule has 1 amide bonds. The quantitative estimate of drug-likeness (QED) is 0.796. The van der Waals surface area contributed by atoms with Gasteiger partial charge in [-0.15, -0.1) is 0 Å². The van der Waals surface area contributed by atoms with E-state index in [0.29, 0.717) is 37.5 Å². The molecule has 4 heteroatoms. The van der Waals surface area contributed by atoms with Crippen molar-refractivity contribution < 1.29 is 4.79 Å². The minimum absolute atomic E-state index is 0.0295. The number of nitrogen functional groups attached to an aromatic ring is 1. The fourth-order valence-corrected chi connectivity index (χ4v) is 1.91. The molecule has 0 aliphatic heterocycles. The predicted molar refractivity (Wildman–Crippen MR) is 76.2 cm³/mol. The number of amides is 1. The van der Waals surface area contributed by atoms with E-state index in [1.807, 2.05) is 18.2 Å². The van der Waals surface area contributed by atoms with Crippen LogP contribution in [0.1, 0.15) is 25.8 Å². The van der Waals surface area contributed by atoms with E-state index in [1.54, 1.807) is 11.0 Å². The van der Waals surface area contributed by atoms with Gasteiger partial charge in [0.1, 0.15) is 0 Å². The molecule has 0 saturated heterocycles. The standard InChI is InChI=1S/C15H21N3O/c1-12(2)11-18(9-5-8-16)15(19)10-13-6-3-4-7-14(13)17/h3-4,6-7,12H,5,9-11,17H2,1-2H3. The van der Waals surface area contributed by atoms with E-state index < -0.39 is 0 Å². The minimum Gasteiger partial charge on any atom is -0.398 e. The van der Waals surface area contributed by atoms with Gasteiger partial charge >= 0.3 is 0 Å². The van der Waals surface area contributed by atoms with Crippen molar-refractivity contribution in [2.45, 2.75) is 26.7 Å². The molecule has 0 unspecified atom stereocenters. The lowest BCUT2D eigenvalue weighted by molar-refractivity contribution is -0.130. The van der Waals surface area contributed by atoms with Crippen LogP contribution in [0.3, 0.4) is 0 Å². The third kappa shape index (κ3) is 5.01. The number of nitriles is 1. The number of carbonyl (C=O) groups is 1. The Morgan fingerprint density at radius 1 is 1.42 bits per heavy atom. The number of rotatable bonds is 6. The largest absolute Gasteiger partial charge is 0.398 e. The van der Waals surface area contributed by atoms with Crippen molar-refractivity contribution in [3.63, 3.8) is 0 Å². The first-order chi connectivity index (χ1) is 9.04. The summed E-state index contributed by atoms with van der Waals surface area (Å²) in [4.78, 5) is 14.0. The molecule has 0 bridgehead atoms. The average Bonchev–Trinajstić information content (AvgIpc) is 2.36. The van der Waals surface area contributed by atoms with E-state index in [-0.39, 0.29) is 5.91 Å². The normalized spacial score (nSPS) is 10.2. The van der Waals surface area contributed by atoms with Crippen LogP contribution in [0, 0.1) is 17.2 Å². The molecule has 1 aromatic carbocycles. The van der Waals surface area contributed by atoms with Crippen LogP contribution in [0.2, 0.25) is 0 Å². The van der Waals surface area contributed by atoms with Crippen LogP contribution < -0.4 is 5.73 Å². The molecular formula is C15H21N3O. The summed E-state index contributed by atoms with van der Waals surface area (Å²) in [6, 6.07) is 9.47. The molecule has 102 valence electrons. The van der Waals surface area contributed by atoms with Gasteiger partial charge < -0.3 is 10.6 Å². The Hall–Kier alpha value is -2.02. The number of para-hydroxylation sites is 1. The van der Waals surface area contributed by atoms with Gasteiger partial charge in [-0.05, 0) is 17.5 Å². The molecule has 0 aliphatic rings. The van der Waals surface area contributed by atoms with Gasteiger partial charge in [-0.2, -0.15) is 5.26 Å². The number of hydrogen-bond donors (Lipinski definition) is 1. The third-order valence-electron chi connectivity index (χ3n) is 2.83. The van der Waals surface area contributed by atoms with Gasteiger partial charge in [0, 0.05) is 18.8 Å². The summed E-state index contributed by atoms with van der Waals surface area (Å²) in [7, 11) is 0. The minimum atomic E-state index is 0.0295. The Labute approximate surface area is 114 Å². The van der Waals surface area contributed by atoms with Crippen LogP contribution >= 0.6 is 0 Å². The Bertz CT molecular complexity index is 463. The number of hydrogen-bond acceptors (Lipinski definition) is 3. The second kappa shape index (κ2) is 7.42. The Kier molecular flexibility index (Phi) is 5.87. The molecule has 2 N–H and O–H groups in total. The van der Waals surface area contributed by atoms with E-state index in [4.69, 9.17) is 11.0 Å². The zero-order valence-corrected chi connectivity index (χ0v) is 11.6. The van der Waals surface area contributed by atoms with Crippen molar-refractivity contribution in [3.8, 4) is 6.07 Å². The molecule has 0 aromatic heterocycles. The van der Waals surface area contributed by atoms with Gasteiger partial charge in [-0.25, -0.2) is 0 Å². The molecule has 1 rings (SSSR count). The van der Waals surface area contributed by atoms with Crippen molar-refractivity contribution in [1.29, 1.82) is 5.26 Å². The average molecular weight is 259 g/mol. The second-order valence-electron chi connectivity index (χ2n) is 5.02. The van der Waals surface area contributed by atoms with E-state index >= 15 is 0 Å². The fraction of sp³-hybridized carbons (Fsp3) is 0.467. The van der Waals surface area contributed by atoms with Gasteiger partial charge in [0.05, 0.1) is 18.9 Å². The molecule has 0 radical (unpaired) electrons. The van der Waals surface area contributed by atoms with E-state index in [0.717, 1.165) is 5.56 Å². The second-order valence-corrected chi connectivity index (χ2v) is 5.02. The highest BCUT2D eigenvalue weighted by atomic mass is 16.2. The molecular weight excluding hydrogens is 238 g/mol. The van der Waals surface area contributed by atoms with Gasteiger partial charge in [0.2, 0.25) is 5.91 Å². The van der Waals surface area contributed by atoms with Crippen LogP contribution in [-0.4, -0.2) is 23.9 Å². The molecule has 1 aromatic rings. The summed E-state index contributed by atoms with van der Waals surface area (Å²) in [5, 5.41) is 8.66. The monoisotopic (exact) mass is 259 g/mol. The summed E-state index contributed by atoms with van der Waals surface area (Å²) in [6.07, 6.45) is 0.660. The van der Waals surface area contributed by atoms with Gasteiger partial charge in [-0.1, -0.05) is 32.0 Å². The molecule has 0 saturated carbocycles. The Balaban J connectivity index is 2.71. The van der Waals surface area contributed by atoms with E-state index in [2.05, 4.69) is 19.9 Å². The van der Waals surface area contributed by atoms with Gasteiger partial charge in [0.25, 0.3) is 0 Å². The number of nitrogens with zero attached hydrogens (tertiary/aromatic N) is 2. The molecule has 0 fully saturated rings. The summed E-state index contributed by atoms with van der Waals surface area (Å²) in [6.45, 7) is 5.28. The van der Waals surface area contributed by atoms with E-state index in [9.17, 15) is 4.79 Å². The smallest absolute Gasteiger partial charge is 0.227 e. The zero-order valence-electron chi connectivity index (χ0n) is 11.6. The third-order valence-corrected chi connectivity index (χ3v) is 2.83. The van der Waals surface area contributed by atoms with Crippen molar-refractivity contribution >= 4 is 11.6 Å². The first-order valence-corrected chi connectivity index (χ1v) is 6.52.